The molecule has 0 amide bonds. The van der Waals surface area contributed by atoms with E-state index in [1.165, 1.54) is 26.4 Å². The van der Waals surface area contributed by atoms with E-state index in [-0.39, 0.29) is 18.1 Å². The zero-order valence-corrected chi connectivity index (χ0v) is 19.9. The average Bonchev–Trinajstić information content (AvgIpc) is 2.98. The van der Waals surface area contributed by atoms with Gasteiger partial charge < -0.3 is 23.6 Å². The van der Waals surface area contributed by atoms with E-state index >= 15 is 0 Å². The van der Waals surface area contributed by atoms with Crippen molar-refractivity contribution < 1.29 is 41.6 Å². The molecule has 0 aliphatic carbocycles. The molecule has 5 unspecified atom stereocenters. The Bertz CT molecular complexity index is 748. The van der Waals surface area contributed by atoms with Crippen molar-refractivity contribution in [2.24, 2.45) is 0 Å². The van der Waals surface area contributed by atoms with Crippen LogP contribution >= 0.6 is 24.5 Å². The maximum Gasteiger partial charge on any atom is 0.360 e. The molecule has 0 bridgehead atoms. The van der Waals surface area contributed by atoms with Crippen LogP contribution in [-0.2, 0) is 38.1 Å². The first-order valence-electron chi connectivity index (χ1n) is 8.90. The molecule has 1 aliphatic rings. The quantitative estimate of drug-likeness (QED) is 0.269. The van der Waals surface area contributed by atoms with Crippen LogP contribution in [0, 0.1) is 0 Å². The number of sulfone groups is 1. The Hall–Kier alpha value is -0.200. The summed E-state index contributed by atoms with van der Waals surface area (Å²) < 4.78 is 54.9. The third kappa shape index (κ3) is 5.54. The molecule has 1 fully saturated rings. The largest absolute Gasteiger partial charge is 0.382 e. The van der Waals surface area contributed by atoms with Crippen LogP contribution in [0.5, 0.6) is 0 Å². The number of hydrogen-bond donors (Lipinski definition) is 1. The first-order chi connectivity index (χ1) is 13.8. The Kier molecular flexibility index (Phi) is 9.42. The van der Waals surface area contributed by atoms with Crippen LogP contribution in [0.15, 0.2) is 33.6 Å². The fraction of sp³-hybridized carbons (Fsp3) is 0.647. The maximum atomic E-state index is 13.4. The van der Waals surface area contributed by atoms with Gasteiger partial charge in [-0.2, -0.15) is 4.67 Å². The molecule has 1 heterocycles. The lowest BCUT2D eigenvalue weighted by molar-refractivity contribution is -0.196. The molecule has 1 aromatic carbocycles. The summed E-state index contributed by atoms with van der Waals surface area (Å²) in [5, 5.41) is 0. The van der Waals surface area contributed by atoms with Gasteiger partial charge in [0, 0.05) is 18.2 Å². The van der Waals surface area contributed by atoms with Crippen molar-refractivity contribution in [3.05, 3.63) is 28.7 Å². The van der Waals surface area contributed by atoms with E-state index in [9.17, 15) is 13.3 Å². The second kappa shape index (κ2) is 10.9. The van der Waals surface area contributed by atoms with E-state index in [2.05, 4.69) is 25.5 Å². The number of ether oxygens (including phenoxy) is 3. The Morgan fingerprint density at radius 2 is 1.90 bits per heavy atom. The monoisotopic (exact) mass is 516 g/mol. The number of hydrogen-bond acceptors (Lipinski definition) is 9. The van der Waals surface area contributed by atoms with E-state index in [1.54, 1.807) is 19.1 Å². The molecule has 1 saturated heterocycles. The van der Waals surface area contributed by atoms with E-state index in [4.69, 9.17) is 18.7 Å². The lowest BCUT2D eigenvalue weighted by Gasteiger charge is -2.33. The van der Waals surface area contributed by atoms with Gasteiger partial charge in [0.2, 0.25) is 9.84 Å². The fourth-order valence-corrected chi connectivity index (χ4v) is 5.86. The minimum absolute atomic E-state index is 0.0280. The first kappa shape index (κ1) is 25.1. The van der Waals surface area contributed by atoms with Gasteiger partial charge in [-0.3, -0.25) is 0 Å². The lowest BCUT2D eigenvalue weighted by Crippen LogP contribution is -2.48. The highest BCUT2D eigenvalue weighted by Gasteiger charge is 2.61. The number of benzene rings is 1. The second-order valence-electron chi connectivity index (χ2n) is 6.26. The number of rotatable bonds is 11. The Morgan fingerprint density at radius 1 is 1.24 bits per heavy atom. The molecule has 1 aliphatic heterocycles. The number of halogens is 1. The highest BCUT2D eigenvalue weighted by atomic mass is 79.9. The van der Waals surface area contributed by atoms with Crippen LogP contribution in [0.3, 0.4) is 0 Å². The molecular weight excluding hydrogens is 491 g/mol. The summed E-state index contributed by atoms with van der Waals surface area (Å²) in [6.45, 7) is 3.78. The summed E-state index contributed by atoms with van der Waals surface area (Å²) in [6.07, 6.45) is -1.66. The van der Waals surface area contributed by atoms with Crippen LogP contribution < -0.4 is 0 Å². The molecule has 0 saturated carbocycles. The maximum absolute atomic E-state index is 13.4. The van der Waals surface area contributed by atoms with Crippen LogP contribution in [0.4, 0.5) is 0 Å². The van der Waals surface area contributed by atoms with E-state index < -0.39 is 41.7 Å². The first-order valence-corrected chi connectivity index (χ1v) is 12.4. The van der Waals surface area contributed by atoms with E-state index in [1.807, 2.05) is 6.92 Å². The summed E-state index contributed by atoms with van der Waals surface area (Å²) >= 11 is 3.29. The topological polar surface area (TPSA) is 110 Å². The molecule has 166 valence electrons. The summed E-state index contributed by atoms with van der Waals surface area (Å²) in [4.78, 5) is 14.6. The van der Waals surface area contributed by atoms with Gasteiger partial charge in [-0.05, 0) is 37.6 Å². The molecular formula is C17H26BrO9PS. The van der Waals surface area contributed by atoms with Gasteiger partial charge in [0.05, 0.1) is 18.6 Å². The third-order valence-corrected chi connectivity index (χ3v) is 7.69. The van der Waals surface area contributed by atoms with Crippen LogP contribution in [0.1, 0.15) is 20.3 Å². The molecule has 0 radical (unpaired) electrons. The summed E-state index contributed by atoms with van der Waals surface area (Å²) in [5.41, 5.74) is -2.54. The van der Waals surface area contributed by atoms with Crippen LogP contribution in [0.2, 0.25) is 0 Å². The highest BCUT2D eigenvalue weighted by molar-refractivity contribution is 9.10. The summed E-state index contributed by atoms with van der Waals surface area (Å²) in [6, 6.07) is 6.23. The molecule has 1 N–H and O–H groups in total. The van der Waals surface area contributed by atoms with Crippen molar-refractivity contribution in [1.82, 2.24) is 0 Å². The van der Waals surface area contributed by atoms with Gasteiger partial charge in [-0.15, -0.1) is 0 Å². The zero-order valence-electron chi connectivity index (χ0n) is 16.6. The molecule has 5 atom stereocenters. The Labute approximate surface area is 180 Å². The van der Waals surface area contributed by atoms with Gasteiger partial charge in [0.1, 0.15) is 17.8 Å². The molecule has 0 aromatic heterocycles. The van der Waals surface area contributed by atoms with Crippen molar-refractivity contribution in [3.8, 4) is 0 Å². The van der Waals surface area contributed by atoms with Crippen molar-refractivity contribution in [1.29, 1.82) is 0 Å². The normalized spacial score (nSPS) is 28.6. The summed E-state index contributed by atoms with van der Waals surface area (Å²) in [5.74, 6) is 0. The highest BCUT2D eigenvalue weighted by Crippen LogP contribution is 2.47. The average molecular weight is 517 g/mol. The predicted molar refractivity (Wildman–Crippen MR) is 109 cm³/mol. The summed E-state index contributed by atoms with van der Waals surface area (Å²) in [7, 11) is -3.72. The van der Waals surface area contributed by atoms with Crippen molar-refractivity contribution in [3.63, 3.8) is 0 Å². The van der Waals surface area contributed by atoms with E-state index in [0.29, 0.717) is 6.42 Å². The second-order valence-corrected chi connectivity index (χ2v) is 10.0. The van der Waals surface area contributed by atoms with Crippen LogP contribution in [-0.4, -0.2) is 64.0 Å². The van der Waals surface area contributed by atoms with Crippen molar-refractivity contribution in [2.45, 2.75) is 48.4 Å². The Morgan fingerprint density at radius 3 is 2.41 bits per heavy atom. The SMILES string of the molecule is CCOC1C(OP(O)OOC)C(CC)(COC)OC1S(=O)(=O)c1ccc(Br)cc1. The number of methoxy groups -OCH3 is 1. The lowest BCUT2D eigenvalue weighted by atomic mass is 9.93. The molecule has 2 rings (SSSR count). The van der Waals surface area contributed by atoms with Gasteiger partial charge in [0.25, 0.3) is 0 Å². The van der Waals surface area contributed by atoms with E-state index in [0.717, 1.165) is 4.47 Å². The smallest absolute Gasteiger partial charge is 0.360 e. The zero-order chi connectivity index (χ0) is 21.7. The van der Waals surface area contributed by atoms with Gasteiger partial charge in [0.15, 0.2) is 5.44 Å². The minimum atomic E-state index is -3.96. The minimum Gasteiger partial charge on any atom is -0.382 e. The third-order valence-electron chi connectivity index (χ3n) is 4.57. The molecule has 9 nitrogen and oxygen atoms in total. The molecule has 1 aromatic rings. The van der Waals surface area contributed by atoms with Gasteiger partial charge in [-0.1, -0.05) is 22.9 Å². The predicted octanol–water partition coefficient (Wildman–Crippen LogP) is 2.96. The van der Waals surface area contributed by atoms with Gasteiger partial charge in [-0.25, -0.2) is 13.3 Å². The van der Waals surface area contributed by atoms with Crippen LogP contribution in [0.25, 0.3) is 0 Å². The standard InChI is InChI=1S/C17H26BrO9PS/c1-5-17(11-22-3)15(26-28(19)27-23-4)14(24-6-2)16(25-17)29(20,21)13-9-7-12(18)8-10-13/h7-10,14-16,19H,5-6,11H2,1-4H3. The molecule has 12 heteroatoms. The Balaban J connectivity index is 2.49. The molecule has 0 spiro atoms. The van der Waals surface area contributed by atoms with Crippen molar-refractivity contribution in [2.75, 3.05) is 27.4 Å². The van der Waals surface area contributed by atoms with Gasteiger partial charge >= 0.3 is 8.60 Å². The van der Waals surface area contributed by atoms with Crippen molar-refractivity contribution >= 4 is 34.4 Å². The molecule has 29 heavy (non-hydrogen) atoms. The fourth-order valence-electron chi connectivity index (χ4n) is 3.25.